The fraction of sp³-hybridized carbons (Fsp3) is 0.438. The third-order valence-electron chi connectivity index (χ3n) is 3.67. The van der Waals surface area contributed by atoms with E-state index in [1.807, 2.05) is 0 Å². The van der Waals surface area contributed by atoms with Crippen molar-refractivity contribution in [3.05, 3.63) is 35.9 Å². The summed E-state index contributed by atoms with van der Waals surface area (Å²) in [6.45, 7) is 3.29. The summed E-state index contributed by atoms with van der Waals surface area (Å²) in [6, 6.07) is 6.41. The highest BCUT2D eigenvalue weighted by Crippen LogP contribution is 2.21. The fourth-order valence-electron chi connectivity index (χ4n) is 2.37. The predicted octanol–water partition coefficient (Wildman–Crippen LogP) is 2.47. The summed E-state index contributed by atoms with van der Waals surface area (Å²) in [5, 5.41) is 0. The van der Waals surface area contributed by atoms with Gasteiger partial charge in [0.15, 0.2) is 0 Å². The lowest BCUT2D eigenvalue weighted by molar-refractivity contribution is -0.127. The highest BCUT2D eigenvalue weighted by Gasteiger charge is 2.18. The number of carbonyl (C=O) groups is 1. The number of alkyl halides is 2. The van der Waals surface area contributed by atoms with E-state index in [1.165, 1.54) is 18.2 Å². The molecule has 0 saturated carbocycles. The molecule has 1 aliphatic heterocycles. The number of para-hydroxylation sites is 1. The van der Waals surface area contributed by atoms with E-state index in [1.54, 1.807) is 23.1 Å². The van der Waals surface area contributed by atoms with Gasteiger partial charge >= 0.3 is 6.61 Å². The van der Waals surface area contributed by atoms with Crippen molar-refractivity contribution in [1.29, 1.82) is 0 Å². The highest BCUT2D eigenvalue weighted by molar-refractivity contribution is 5.92. The van der Waals surface area contributed by atoms with Crippen LogP contribution in [-0.2, 0) is 4.79 Å². The quantitative estimate of drug-likeness (QED) is 0.783. The molecule has 0 aliphatic carbocycles. The molecule has 4 nitrogen and oxygen atoms in total. The number of piperazine rings is 1. The third-order valence-corrected chi connectivity index (χ3v) is 3.67. The van der Waals surface area contributed by atoms with E-state index in [0.717, 1.165) is 19.6 Å². The molecule has 0 aromatic heterocycles. The smallest absolute Gasteiger partial charge is 0.387 e. The largest absolute Gasteiger partial charge is 0.434 e. The minimum Gasteiger partial charge on any atom is -0.434 e. The molecule has 1 aromatic rings. The number of rotatable bonds is 5. The van der Waals surface area contributed by atoms with E-state index in [4.69, 9.17) is 0 Å². The van der Waals surface area contributed by atoms with Gasteiger partial charge < -0.3 is 14.5 Å². The molecule has 1 fully saturated rings. The third kappa shape index (κ3) is 4.53. The molecule has 120 valence electrons. The van der Waals surface area contributed by atoms with Gasteiger partial charge in [-0.3, -0.25) is 4.79 Å². The number of ether oxygens (including phenoxy) is 1. The number of hydrogen-bond acceptors (Lipinski definition) is 3. The van der Waals surface area contributed by atoms with Gasteiger partial charge in [-0.25, -0.2) is 0 Å². The number of carbonyl (C=O) groups excluding carboxylic acids is 1. The van der Waals surface area contributed by atoms with Crippen molar-refractivity contribution in [2.45, 2.75) is 13.5 Å². The van der Waals surface area contributed by atoms with Gasteiger partial charge in [-0.2, -0.15) is 8.78 Å². The Labute approximate surface area is 129 Å². The average molecular weight is 310 g/mol. The van der Waals surface area contributed by atoms with Crippen molar-refractivity contribution in [3.8, 4) is 5.75 Å². The topological polar surface area (TPSA) is 32.8 Å². The van der Waals surface area contributed by atoms with Gasteiger partial charge in [-0.1, -0.05) is 25.1 Å². The summed E-state index contributed by atoms with van der Waals surface area (Å²) in [5.41, 5.74) is 0.461. The van der Waals surface area contributed by atoms with Crippen molar-refractivity contribution in [2.24, 2.45) is 0 Å². The molecule has 1 amide bonds. The lowest BCUT2D eigenvalue weighted by Gasteiger charge is -2.33. The van der Waals surface area contributed by atoms with Crippen LogP contribution in [0, 0.1) is 0 Å². The van der Waals surface area contributed by atoms with E-state index >= 15 is 0 Å². The van der Waals surface area contributed by atoms with Gasteiger partial charge in [0.25, 0.3) is 0 Å². The molecular formula is C16H20F2N2O2. The Hall–Kier alpha value is -1.95. The van der Waals surface area contributed by atoms with Crippen LogP contribution in [0.15, 0.2) is 30.3 Å². The van der Waals surface area contributed by atoms with E-state index in [0.29, 0.717) is 18.7 Å². The summed E-state index contributed by atoms with van der Waals surface area (Å²) >= 11 is 0. The van der Waals surface area contributed by atoms with Crippen LogP contribution >= 0.6 is 0 Å². The first-order valence-corrected chi connectivity index (χ1v) is 7.33. The number of benzene rings is 1. The fourth-order valence-corrected chi connectivity index (χ4v) is 2.37. The summed E-state index contributed by atoms with van der Waals surface area (Å²) < 4.78 is 29.1. The van der Waals surface area contributed by atoms with Crippen LogP contribution in [0.25, 0.3) is 6.08 Å². The SMILES string of the molecule is CCN1CCN(C(=O)/C=C/c2ccccc2OC(F)F)CC1. The van der Waals surface area contributed by atoms with Crippen molar-refractivity contribution in [1.82, 2.24) is 9.80 Å². The predicted molar refractivity (Wildman–Crippen MR) is 80.8 cm³/mol. The maximum absolute atomic E-state index is 12.3. The van der Waals surface area contributed by atoms with Crippen LogP contribution in [0.3, 0.4) is 0 Å². The number of nitrogens with zero attached hydrogens (tertiary/aromatic N) is 2. The zero-order chi connectivity index (χ0) is 15.9. The zero-order valence-electron chi connectivity index (χ0n) is 12.5. The van der Waals surface area contributed by atoms with Crippen LogP contribution < -0.4 is 4.74 Å². The number of amides is 1. The highest BCUT2D eigenvalue weighted by atomic mass is 19.3. The molecule has 1 aliphatic rings. The van der Waals surface area contributed by atoms with Crippen molar-refractivity contribution in [2.75, 3.05) is 32.7 Å². The van der Waals surface area contributed by atoms with Crippen LogP contribution in [0.4, 0.5) is 8.78 Å². The first kappa shape index (κ1) is 16.4. The molecule has 1 saturated heterocycles. The van der Waals surface area contributed by atoms with Crippen LogP contribution in [0.2, 0.25) is 0 Å². The molecule has 0 bridgehead atoms. The maximum atomic E-state index is 12.3. The van der Waals surface area contributed by atoms with E-state index in [-0.39, 0.29) is 11.7 Å². The Morgan fingerprint density at radius 2 is 1.95 bits per heavy atom. The molecule has 0 spiro atoms. The Kier molecular flexibility index (Phi) is 5.89. The Morgan fingerprint density at radius 3 is 2.59 bits per heavy atom. The van der Waals surface area contributed by atoms with Gasteiger partial charge in [0.05, 0.1) is 0 Å². The van der Waals surface area contributed by atoms with Crippen LogP contribution in [0.1, 0.15) is 12.5 Å². The molecule has 22 heavy (non-hydrogen) atoms. The monoisotopic (exact) mass is 310 g/mol. The average Bonchev–Trinajstić information content (AvgIpc) is 2.53. The standard InChI is InChI=1S/C16H20F2N2O2/c1-2-19-9-11-20(12-10-19)15(21)8-7-13-5-3-4-6-14(13)22-16(17)18/h3-8,16H,2,9-12H2,1H3/b8-7+. The van der Waals surface area contributed by atoms with Crippen molar-refractivity contribution < 1.29 is 18.3 Å². The first-order chi connectivity index (χ1) is 10.6. The van der Waals surface area contributed by atoms with E-state index in [2.05, 4.69) is 16.6 Å². The lowest BCUT2D eigenvalue weighted by atomic mass is 10.2. The molecular weight excluding hydrogens is 290 g/mol. The second-order valence-corrected chi connectivity index (χ2v) is 5.01. The molecule has 0 radical (unpaired) electrons. The normalized spacial score (nSPS) is 16.5. The molecule has 6 heteroatoms. The first-order valence-electron chi connectivity index (χ1n) is 7.33. The summed E-state index contributed by atoms with van der Waals surface area (Å²) in [7, 11) is 0. The summed E-state index contributed by atoms with van der Waals surface area (Å²) in [5.74, 6) is -0.0417. The van der Waals surface area contributed by atoms with Crippen molar-refractivity contribution >= 4 is 12.0 Å². The van der Waals surface area contributed by atoms with Crippen LogP contribution in [-0.4, -0.2) is 55.0 Å². The minimum absolute atomic E-state index is 0.0670. The van der Waals surface area contributed by atoms with Gasteiger partial charge in [-0.15, -0.1) is 0 Å². The van der Waals surface area contributed by atoms with Gasteiger partial charge in [0, 0.05) is 37.8 Å². The molecule has 2 rings (SSSR count). The lowest BCUT2D eigenvalue weighted by Crippen LogP contribution is -2.48. The molecule has 0 unspecified atom stereocenters. The van der Waals surface area contributed by atoms with E-state index < -0.39 is 6.61 Å². The number of halogens is 2. The van der Waals surface area contributed by atoms with Gasteiger partial charge in [-0.05, 0) is 18.7 Å². The zero-order valence-corrected chi connectivity index (χ0v) is 12.5. The Morgan fingerprint density at radius 1 is 1.27 bits per heavy atom. The molecule has 0 N–H and O–H groups in total. The summed E-state index contributed by atoms with van der Waals surface area (Å²) in [4.78, 5) is 16.2. The van der Waals surface area contributed by atoms with Crippen molar-refractivity contribution in [3.63, 3.8) is 0 Å². The number of hydrogen-bond donors (Lipinski definition) is 0. The second kappa shape index (κ2) is 7.89. The molecule has 1 aromatic carbocycles. The summed E-state index contributed by atoms with van der Waals surface area (Å²) in [6.07, 6.45) is 2.93. The molecule has 0 atom stereocenters. The maximum Gasteiger partial charge on any atom is 0.387 e. The minimum atomic E-state index is -2.88. The Balaban J connectivity index is 1.98. The van der Waals surface area contributed by atoms with Gasteiger partial charge in [0.1, 0.15) is 5.75 Å². The number of likely N-dealkylation sites (N-methyl/N-ethyl adjacent to an activating group) is 1. The molecule has 1 heterocycles. The van der Waals surface area contributed by atoms with Gasteiger partial charge in [0.2, 0.25) is 5.91 Å². The van der Waals surface area contributed by atoms with Crippen LogP contribution in [0.5, 0.6) is 5.75 Å². The Bertz CT molecular complexity index is 527. The van der Waals surface area contributed by atoms with E-state index in [9.17, 15) is 13.6 Å². The second-order valence-electron chi connectivity index (χ2n) is 5.01.